The van der Waals surface area contributed by atoms with Gasteiger partial charge in [-0.3, -0.25) is 4.79 Å². The molecule has 0 atom stereocenters. The third-order valence-electron chi connectivity index (χ3n) is 2.64. The monoisotopic (exact) mass is 195 g/mol. The lowest BCUT2D eigenvalue weighted by molar-refractivity contribution is -0.127. The van der Waals surface area contributed by atoms with E-state index in [0.29, 0.717) is 6.54 Å². The van der Waals surface area contributed by atoms with Crippen molar-refractivity contribution in [2.45, 2.75) is 38.2 Å². The third kappa shape index (κ3) is 2.74. The number of carbonyl (C=O) groups is 1. The van der Waals surface area contributed by atoms with Crippen molar-refractivity contribution >= 4 is 5.91 Å². The molecule has 1 N–H and O–H groups in total. The quantitative estimate of drug-likeness (QED) is 0.661. The fraction of sp³-hybridized carbons (Fsp3) is 0.727. The minimum absolute atomic E-state index is 0.215. The smallest absolute Gasteiger partial charge is 0.298 e. The number of carbonyl (C=O) groups excluding carboxylic acids is 1. The number of aliphatic hydroxyl groups is 1. The maximum atomic E-state index is 11.3. The Morgan fingerprint density at radius 1 is 1.50 bits per heavy atom. The normalized spacial score (nSPS) is 18.5. The molecular weight excluding hydrogens is 178 g/mol. The highest BCUT2D eigenvalue weighted by Gasteiger charge is 2.33. The molecule has 0 aromatic heterocycles. The van der Waals surface area contributed by atoms with Crippen LogP contribution in [0.2, 0.25) is 0 Å². The van der Waals surface area contributed by atoms with Crippen LogP contribution in [0, 0.1) is 11.8 Å². The molecule has 78 valence electrons. The molecule has 14 heavy (non-hydrogen) atoms. The first-order valence-corrected chi connectivity index (χ1v) is 4.98. The largest absolute Gasteiger partial charge is 0.388 e. The number of likely N-dealkylation sites (N-methyl/N-ethyl adjacent to an activating group) is 1. The zero-order valence-electron chi connectivity index (χ0n) is 8.84. The van der Waals surface area contributed by atoms with E-state index in [1.807, 2.05) is 0 Å². The van der Waals surface area contributed by atoms with E-state index in [2.05, 4.69) is 11.8 Å². The second kappa shape index (κ2) is 4.47. The van der Waals surface area contributed by atoms with Crippen molar-refractivity contribution in [1.82, 2.24) is 4.90 Å². The lowest BCUT2D eigenvalue weighted by atomic mass is 10.0. The molecule has 0 aromatic carbocycles. The number of hydrogen-bond acceptors (Lipinski definition) is 2. The molecule has 0 spiro atoms. The highest BCUT2D eigenvalue weighted by molar-refractivity contribution is 5.93. The summed E-state index contributed by atoms with van der Waals surface area (Å²) in [5.41, 5.74) is -0.667. The van der Waals surface area contributed by atoms with Crippen LogP contribution in [0.5, 0.6) is 0 Å². The third-order valence-corrected chi connectivity index (χ3v) is 2.64. The average Bonchev–Trinajstić information content (AvgIpc) is 2.52. The van der Waals surface area contributed by atoms with Gasteiger partial charge < -0.3 is 10.0 Å². The summed E-state index contributed by atoms with van der Waals surface area (Å²) in [6, 6.07) is 0. The summed E-state index contributed by atoms with van der Waals surface area (Å²) in [5.74, 6) is 4.81. The molecule has 1 fully saturated rings. The number of rotatable bonds is 2. The van der Waals surface area contributed by atoms with E-state index in [-0.39, 0.29) is 5.91 Å². The summed E-state index contributed by atoms with van der Waals surface area (Å²) in [6.45, 7) is 2.04. The van der Waals surface area contributed by atoms with Gasteiger partial charge in [0.2, 0.25) is 0 Å². The highest BCUT2D eigenvalue weighted by atomic mass is 16.3. The van der Waals surface area contributed by atoms with Crippen LogP contribution in [-0.2, 0) is 4.79 Å². The summed E-state index contributed by atoms with van der Waals surface area (Å²) >= 11 is 0. The first kappa shape index (κ1) is 11.1. The van der Waals surface area contributed by atoms with E-state index in [1.54, 1.807) is 14.0 Å². The zero-order valence-corrected chi connectivity index (χ0v) is 8.84. The summed E-state index contributed by atoms with van der Waals surface area (Å²) in [7, 11) is 1.68. The number of nitrogens with zero attached hydrogens (tertiary/aromatic N) is 1. The summed E-state index contributed by atoms with van der Waals surface area (Å²) in [4.78, 5) is 12.8. The van der Waals surface area contributed by atoms with Crippen molar-refractivity contribution in [2.24, 2.45) is 0 Å². The summed E-state index contributed by atoms with van der Waals surface area (Å²) in [5, 5.41) is 10.0. The van der Waals surface area contributed by atoms with Gasteiger partial charge in [0.25, 0.3) is 5.91 Å². The predicted octanol–water partition coefficient (Wildman–Crippen LogP) is 0.773. The van der Waals surface area contributed by atoms with Gasteiger partial charge >= 0.3 is 0 Å². The van der Waals surface area contributed by atoms with Gasteiger partial charge in [0.1, 0.15) is 0 Å². The average molecular weight is 195 g/mol. The lowest BCUT2D eigenvalue weighted by Gasteiger charge is -2.27. The van der Waals surface area contributed by atoms with Gasteiger partial charge in [-0.1, -0.05) is 18.8 Å². The maximum absolute atomic E-state index is 11.3. The maximum Gasteiger partial charge on any atom is 0.298 e. The molecule has 0 heterocycles. The van der Waals surface area contributed by atoms with Crippen LogP contribution >= 0.6 is 0 Å². The number of amides is 1. The minimum Gasteiger partial charge on any atom is -0.388 e. The fourth-order valence-electron chi connectivity index (χ4n) is 1.91. The Hall–Kier alpha value is -1.01. The van der Waals surface area contributed by atoms with Gasteiger partial charge in [0, 0.05) is 13.6 Å². The Kier molecular flexibility index (Phi) is 3.54. The molecular formula is C11H17NO2. The van der Waals surface area contributed by atoms with Crippen LogP contribution in [0.4, 0.5) is 0 Å². The lowest BCUT2D eigenvalue weighted by Crippen LogP contribution is -2.41. The molecule has 0 bridgehead atoms. The van der Waals surface area contributed by atoms with Gasteiger partial charge in [-0.05, 0) is 25.7 Å². The molecule has 3 nitrogen and oxygen atoms in total. The second-order valence-corrected chi connectivity index (χ2v) is 3.97. The van der Waals surface area contributed by atoms with Crippen LogP contribution in [0.15, 0.2) is 0 Å². The molecule has 0 aliphatic heterocycles. The van der Waals surface area contributed by atoms with Crippen LogP contribution in [0.3, 0.4) is 0 Å². The molecule has 1 aliphatic rings. The van der Waals surface area contributed by atoms with Crippen molar-refractivity contribution in [3.8, 4) is 11.8 Å². The molecule has 0 radical (unpaired) electrons. The van der Waals surface area contributed by atoms with Crippen LogP contribution in [0.25, 0.3) is 0 Å². The van der Waals surface area contributed by atoms with Crippen molar-refractivity contribution in [1.29, 1.82) is 0 Å². The van der Waals surface area contributed by atoms with E-state index in [0.717, 1.165) is 25.7 Å². The van der Waals surface area contributed by atoms with Crippen molar-refractivity contribution in [3.63, 3.8) is 0 Å². The van der Waals surface area contributed by atoms with Crippen LogP contribution < -0.4 is 0 Å². The fourth-order valence-corrected chi connectivity index (χ4v) is 1.91. The Morgan fingerprint density at radius 2 is 2.07 bits per heavy atom. The molecule has 0 unspecified atom stereocenters. The number of hydrogen-bond donors (Lipinski definition) is 1. The standard InChI is InChI=1S/C11H17NO2/c1-3-6-10(13)12(2)9-11(14)7-4-5-8-11/h14H,4-5,7-9H2,1-2H3. The van der Waals surface area contributed by atoms with E-state index in [9.17, 15) is 9.90 Å². The van der Waals surface area contributed by atoms with Crippen molar-refractivity contribution in [3.05, 3.63) is 0 Å². The van der Waals surface area contributed by atoms with E-state index >= 15 is 0 Å². The molecule has 0 saturated heterocycles. The van der Waals surface area contributed by atoms with E-state index < -0.39 is 5.60 Å². The van der Waals surface area contributed by atoms with Crippen LogP contribution in [0.1, 0.15) is 32.6 Å². The van der Waals surface area contributed by atoms with E-state index in [4.69, 9.17) is 0 Å². The van der Waals surface area contributed by atoms with Crippen molar-refractivity contribution in [2.75, 3.05) is 13.6 Å². The Balaban J connectivity index is 2.49. The van der Waals surface area contributed by atoms with Crippen LogP contribution in [-0.4, -0.2) is 35.1 Å². The topological polar surface area (TPSA) is 40.5 Å². The van der Waals surface area contributed by atoms with Gasteiger partial charge in [-0.25, -0.2) is 0 Å². The SMILES string of the molecule is CC#CC(=O)N(C)CC1(O)CCCC1. The molecule has 1 saturated carbocycles. The first-order chi connectivity index (χ1) is 6.57. The molecule has 1 aliphatic carbocycles. The molecule has 0 aromatic rings. The van der Waals surface area contributed by atoms with Gasteiger partial charge in [0.15, 0.2) is 0 Å². The van der Waals surface area contributed by atoms with Gasteiger partial charge in [-0.15, -0.1) is 0 Å². The Labute approximate surface area is 85.1 Å². The molecule has 1 rings (SSSR count). The summed E-state index contributed by atoms with van der Waals surface area (Å²) in [6.07, 6.45) is 3.70. The zero-order chi connectivity index (χ0) is 10.6. The highest BCUT2D eigenvalue weighted by Crippen LogP contribution is 2.29. The Bertz CT molecular complexity index is 269. The van der Waals surface area contributed by atoms with Gasteiger partial charge in [-0.2, -0.15) is 0 Å². The van der Waals surface area contributed by atoms with E-state index in [1.165, 1.54) is 4.90 Å². The summed E-state index contributed by atoms with van der Waals surface area (Å²) < 4.78 is 0. The molecule has 1 amide bonds. The second-order valence-electron chi connectivity index (χ2n) is 3.97. The van der Waals surface area contributed by atoms with Crippen molar-refractivity contribution < 1.29 is 9.90 Å². The van der Waals surface area contributed by atoms with Gasteiger partial charge in [0.05, 0.1) is 5.60 Å². The predicted molar refractivity (Wildman–Crippen MR) is 54.5 cm³/mol. The molecule has 3 heteroatoms. The Morgan fingerprint density at radius 3 is 2.57 bits per heavy atom. The minimum atomic E-state index is -0.667. The first-order valence-electron chi connectivity index (χ1n) is 4.98.